The van der Waals surface area contributed by atoms with Gasteiger partial charge in [0.15, 0.2) is 5.84 Å². The first-order valence-electron chi connectivity index (χ1n) is 6.40. The molecule has 0 saturated heterocycles. The van der Waals surface area contributed by atoms with E-state index in [1.165, 1.54) is 36.9 Å². The van der Waals surface area contributed by atoms with E-state index in [-0.39, 0.29) is 16.6 Å². The second-order valence-electron chi connectivity index (χ2n) is 4.64. The number of hydrogen-bond donors (Lipinski definition) is 1. The van der Waals surface area contributed by atoms with E-state index in [1.807, 2.05) is 0 Å². The zero-order chi connectivity index (χ0) is 18.0. The van der Waals surface area contributed by atoms with Crippen molar-refractivity contribution in [2.45, 2.75) is 6.92 Å². The molecule has 2 N–H and O–H groups in total. The first kappa shape index (κ1) is 17.7. The molecule has 24 heavy (non-hydrogen) atoms. The maximum absolute atomic E-state index is 12.0. The Hall–Kier alpha value is -2.65. The number of nitrogens with two attached hydrogens (primary N) is 1. The number of carbonyl (C=O) groups is 1. The molecule has 9 nitrogen and oxygen atoms in total. The van der Waals surface area contributed by atoms with Crippen LogP contribution in [0.3, 0.4) is 0 Å². The smallest absolute Gasteiger partial charge is 0.380 e. The van der Waals surface area contributed by atoms with E-state index in [9.17, 15) is 14.9 Å². The molecule has 0 aliphatic rings. The van der Waals surface area contributed by atoms with Gasteiger partial charge in [0.1, 0.15) is 5.69 Å². The normalized spacial score (nSPS) is 11.4. The highest BCUT2D eigenvalue weighted by molar-refractivity contribution is 6.36. The van der Waals surface area contributed by atoms with E-state index in [0.29, 0.717) is 10.6 Å². The zero-order valence-corrected chi connectivity index (χ0v) is 14.0. The molecule has 0 atom stereocenters. The molecular weight excluding hydrogens is 361 g/mol. The van der Waals surface area contributed by atoms with Gasteiger partial charge in [0, 0.05) is 17.6 Å². The van der Waals surface area contributed by atoms with Crippen LogP contribution >= 0.6 is 23.2 Å². The standard InChI is InChI=1S/C13H11Cl2N5O4/c1-6-11(20(22)23)10(17-19(6)2)13(21)24-18-12(16)8-4-3-7(14)5-9(8)15/h3-5H,1-2H3,(H2,16,18). The van der Waals surface area contributed by atoms with Gasteiger partial charge in [-0.1, -0.05) is 28.4 Å². The van der Waals surface area contributed by atoms with Crippen molar-refractivity contribution in [3.8, 4) is 0 Å². The average molecular weight is 372 g/mol. The molecule has 0 fully saturated rings. The van der Waals surface area contributed by atoms with Gasteiger partial charge in [-0.15, -0.1) is 0 Å². The third kappa shape index (κ3) is 3.47. The van der Waals surface area contributed by atoms with Crippen LogP contribution < -0.4 is 5.73 Å². The first-order valence-corrected chi connectivity index (χ1v) is 7.16. The van der Waals surface area contributed by atoms with Crippen molar-refractivity contribution < 1.29 is 14.6 Å². The Kier molecular flexibility index (Phi) is 5.05. The summed E-state index contributed by atoms with van der Waals surface area (Å²) in [5.74, 6) is -1.31. The fourth-order valence-electron chi connectivity index (χ4n) is 1.83. The number of hydrogen-bond acceptors (Lipinski definition) is 6. The Morgan fingerprint density at radius 3 is 2.71 bits per heavy atom. The molecule has 11 heteroatoms. The van der Waals surface area contributed by atoms with Crippen molar-refractivity contribution in [3.05, 3.63) is 55.3 Å². The maximum atomic E-state index is 12.0. The lowest BCUT2D eigenvalue weighted by atomic mass is 10.2. The molecule has 0 bridgehead atoms. The summed E-state index contributed by atoms with van der Waals surface area (Å²) in [4.78, 5) is 27.0. The van der Waals surface area contributed by atoms with Crippen LogP contribution in [0.5, 0.6) is 0 Å². The SMILES string of the molecule is Cc1c([N+](=O)[O-])c(C(=O)O/N=C(\N)c2ccc(Cl)cc2Cl)nn1C. The molecule has 126 valence electrons. The van der Waals surface area contributed by atoms with E-state index in [1.54, 1.807) is 0 Å². The summed E-state index contributed by atoms with van der Waals surface area (Å²) in [5.41, 5.74) is 5.25. The second kappa shape index (κ2) is 6.85. The number of amidine groups is 1. The number of nitro groups is 1. The minimum atomic E-state index is -1.11. The van der Waals surface area contributed by atoms with E-state index < -0.39 is 22.3 Å². The van der Waals surface area contributed by atoms with E-state index in [2.05, 4.69) is 15.1 Å². The number of benzene rings is 1. The summed E-state index contributed by atoms with van der Waals surface area (Å²) in [6.07, 6.45) is 0. The third-order valence-electron chi connectivity index (χ3n) is 3.11. The molecule has 0 unspecified atom stereocenters. The monoisotopic (exact) mass is 371 g/mol. The van der Waals surface area contributed by atoms with Crippen molar-refractivity contribution in [2.24, 2.45) is 17.9 Å². The molecule has 0 saturated carbocycles. The number of oxime groups is 1. The van der Waals surface area contributed by atoms with Crippen LogP contribution in [0, 0.1) is 17.0 Å². The van der Waals surface area contributed by atoms with Crippen LogP contribution in [0.25, 0.3) is 0 Å². The highest BCUT2D eigenvalue weighted by Gasteiger charge is 2.30. The molecule has 1 heterocycles. The Morgan fingerprint density at radius 1 is 1.46 bits per heavy atom. The van der Waals surface area contributed by atoms with Gasteiger partial charge >= 0.3 is 11.7 Å². The summed E-state index contributed by atoms with van der Waals surface area (Å²) in [6, 6.07) is 4.46. The highest BCUT2D eigenvalue weighted by atomic mass is 35.5. The minimum absolute atomic E-state index is 0.194. The van der Waals surface area contributed by atoms with Crippen molar-refractivity contribution in [2.75, 3.05) is 0 Å². The summed E-state index contributed by atoms with van der Waals surface area (Å²) in [5, 5.41) is 18.9. The topological polar surface area (TPSA) is 126 Å². The molecule has 1 aromatic carbocycles. The molecule has 0 aliphatic heterocycles. The Bertz CT molecular complexity index is 862. The van der Waals surface area contributed by atoms with Gasteiger partial charge in [-0.05, 0) is 25.1 Å². The first-order chi connectivity index (χ1) is 11.2. The molecule has 0 radical (unpaired) electrons. The summed E-state index contributed by atoms with van der Waals surface area (Å²) >= 11 is 11.7. The number of nitrogens with zero attached hydrogens (tertiary/aromatic N) is 4. The average Bonchev–Trinajstić information content (AvgIpc) is 2.80. The Labute approximate surface area is 145 Å². The van der Waals surface area contributed by atoms with Crippen LogP contribution in [-0.4, -0.2) is 26.5 Å². The number of halogens is 2. The molecule has 2 rings (SSSR count). The maximum Gasteiger partial charge on any atom is 0.393 e. The lowest BCUT2D eigenvalue weighted by Crippen LogP contribution is -2.16. The molecule has 0 spiro atoms. The van der Waals surface area contributed by atoms with Crippen LogP contribution in [0.4, 0.5) is 5.69 Å². The molecule has 0 aliphatic carbocycles. The van der Waals surface area contributed by atoms with E-state index in [0.717, 1.165) is 0 Å². The molecule has 1 aromatic heterocycles. The Morgan fingerprint density at radius 2 is 2.12 bits per heavy atom. The van der Waals surface area contributed by atoms with Gasteiger partial charge in [-0.3, -0.25) is 14.8 Å². The van der Waals surface area contributed by atoms with Crippen LogP contribution in [0.15, 0.2) is 23.4 Å². The fourth-order valence-corrected chi connectivity index (χ4v) is 2.34. The van der Waals surface area contributed by atoms with Gasteiger partial charge in [0.25, 0.3) is 0 Å². The van der Waals surface area contributed by atoms with E-state index in [4.69, 9.17) is 28.9 Å². The lowest BCUT2D eigenvalue weighted by molar-refractivity contribution is -0.385. The van der Waals surface area contributed by atoms with Crippen molar-refractivity contribution >= 4 is 40.7 Å². The molecule has 2 aromatic rings. The zero-order valence-electron chi connectivity index (χ0n) is 12.5. The predicted octanol–water partition coefficient (Wildman–Crippen LogP) is 2.42. The lowest BCUT2D eigenvalue weighted by Gasteiger charge is -2.03. The van der Waals surface area contributed by atoms with Crippen molar-refractivity contribution in [1.29, 1.82) is 0 Å². The van der Waals surface area contributed by atoms with Crippen molar-refractivity contribution in [1.82, 2.24) is 9.78 Å². The number of aromatic nitrogens is 2. The van der Waals surface area contributed by atoms with Crippen LogP contribution in [0.1, 0.15) is 21.7 Å². The van der Waals surface area contributed by atoms with Crippen LogP contribution in [-0.2, 0) is 11.9 Å². The van der Waals surface area contributed by atoms with Crippen LogP contribution in [0.2, 0.25) is 10.0 Å². The summed E-state index contributed by atoms with van der Waals surface area (Å²) in [7, 11) is 1.46. The summed E-state index contributed by atoms with van der Waals surface area (Å²) < 4.78 is 1.19. The number of rotatable bonds is 4. The van der Waals surface area contributed by atoms with Crippen molar-refractivity contribution in [3.63, 3.8) is 0 Å². The van der Waals surface area contributed by atoms with Gasteiger partial charge in [-0.25, -0.2) is 4.79 Å². The summed E-state index contributed by atoms with van der Waals surface area (Å²) in [6.45, 7) is 1.45. The molecule has 0 amide bonds. The predicted molar refractivity (Wildman–Crippen MR) is 87.2 cm³/mol. The fraction of sp³-hybridized carbons (Fsp3) is 0.154. The minimum Gasteiger partial charge on any atom is -0.380 e. The number of carbonyl (C=O) groups excluding carboxylic acids is 1. The largest absolute Gasteiger partial charge is 0.393 e. The van der Waals surface area contributed by atoms with Gasteiger partial charge in [-0.2, -0.15) is 5.10 Å². The third-order valence-corrected chi connectivity index (χ3v) is 3.66. The van der Waals surface area contributed by atoms with Gasteiger partial charge in [0.2, 0.25) is 5.69 Å². The highest BCUT2D eigenvalue weighted by Crippen LogP contribution is 2.23. The number of aryl methyl sites for hydroxylation is 1. The second-order valence-corrected chi connectivity index (χ2v) is 5.49. The van der Waals surface area contributed by atoms with E-state index >= 15 is 0 Å². The van der Waals surface area contributed by atoms with Gasteiger partial charge in [0.05, 0.1) is 9.95 Å². The molecular formula is C13H11Cl2N5O4. The van der Waals surface area contributed by atoms with Gasteiger partial charge < -0.3 is 10.6 Å². The quantitative estimate of drug-likeness (QED) is 0.289. The Balaban J connectivity index is 2.27.